The van der Waals surface area contributed by atoms with Crippen LogP contribution < -0.4 is 10.6 Å². The highest BCUT2D eigenvalue weighted by atomic mass is 31.1. The smallest absolute Gasteiger partial charge is 0.00933 e. The van der Waals surface area contributed by atoms with E-state index in [9.17, 15) is 0 Å². The Morgan fingerprint density at radius 2 is 0.641 bits per heavy atom. The Morgan fingerprint density at radius 1 is 0.385 bits per heavy atom. The van der Waals surface area contributed by atoms with Crippen LogP contribution >= 0.6 is 16.8 Å². The maximum absolute atomic E-state index is 2.52. The van der Waals surface area contributed by atoms with Crippen molar-refractivity contribution in [1.82, 2.24) is 0 Å². The third-order valence-electron chi connectivity index (χ3n) is 7.56. The summed E-state index contributed by atoms with van der Waals surface area (Å²) >= 11 is 0. The molecule has 2 aromatic rings. The minimum atomic E-state index is 0.0792. The number of benzene rings is 2. The third-order valence-corrected chi connectivity index (χ3v) is 9.96. The van der Waals surface area contributed by atoms with E-state index in [-0.39, 0.29) is 32.5 Å². The van der Waals surface area contributed by atoms with Crippen LogP contribution in [0.4, 0.5) is 0 Å². The Morgan fingerprint density at radius 3 is 0.872 bits per heavy atom. The predicted molar refractivity (Wildman–Crippen MR) is 184 cm³/mol. The fraction of sp³-hybridized carbons (Fsp3) is 0.649. The molecule has 39 heavy (non-hydrogen) atoms. The molecular formula is C37H59P2. The molecule has 0 spiro atoms. The molecule has 0 heterocycles. The second-order valence-electron chi connectivity index (χ2n) is 17.7. The topological polar surface area (TPSA) is 0 Å². The largest absolute Gasteiger partial charge is 0.0666 e. The fourth-order valence-electron chi connectivity index (χ4n) is 4.84. The van der Waals surface area contributed by atoms with Crippen LogP contribution in [-0.4, -0.2) is 5.54 Å². The first-order valence-corrected chi connectivity index (χ1v) is 16.7. The van der Waals surface area contributed by atoms with Gasteiger partial charge in [0.1, 0.15) is 0 Å². The molecule has 217 valence electrons. The first kappa shape index (κ1) is 34.2. The van der Waals surface area contributed by atoms with Gasteiger partial charge in [-0.3, -0.25) is 0 Å². The van der Waals surface area contributed by atoms with Crippen LogP contribution in [0.5, 0.6) is 0 Å². The molecule has 0 saturated heterocycles. The standard InChI is InChI=1S/C37H59P2/c1-32(2,3)24-19-26(34(7,8)9)30(27(20-24)35(10,11)12)38-23-39-31-28(36(13,14)15)21-25(33(4,5)6)22-29(31)37(16,17)18/h19-23H,1-18H3. The van der Waals surface area contributed by atoms with Crippen molar-refractivity contribution in [2.75, 3.05) is 0 Å². The fourth-order valence-corrected chi connectivity index (χ4v) is 8.16. The number of rotatable bonds is 3. The molecule has 0 saturated carbocycles. The van der Waals surface area contributed by atoms with Crippen molar-refractivity contribution >= 4 is 32.9 Å². The zero-order valence-electron chi connectivity index (χ0n) is 28.8. The van der Waals surface area contributed by atoms with Gasteiger partial charge in [0.15, 0.2) is 0 Å². The monoisotopic (exact) mass is 565 g/mol. The molecule has 0 atom stereocenters. The summed E-state index contributed by atoms with van der Waals surface area (Å²) in [5.41, 5.74) is 11.9. The zero-order chi connectivity index (χ0) is 30.6. The maximum Gasteiger partial charge on any atom is 0.00933 e. The predicted octanol–water partition coefficient (Wildman–Crippen LogP) is 11.1. The van der Waals surface area contributed by atoms with Gasteiger partial charge in [0.05, 0.1) is 0 Å². The van der Waals surface area contributed by atoms with Gasteiger partial charge in [-0.25, -0.2) is 0 Å². The van der Waals surface area contributed by atoms with Crippen LogP contribution in [0.1, 0.15) is 158 Å². The van der Waals surface area contributed by atoms with Gasteiger partial charge < -0.3 is 0 Å². The minimum Gasteiger partial charge on any atom is -0.0666 e. The number of hydrogen-bond acceptors (Lipinski definition) is 0. The number of hydrogen-bond donors (Lipinski definition) is 0. The van der Waals surface area contributed by atoms with Crippen molar-refractivity contribution in [2.45, 2.75) is 157 Å². The van der Waals surface area contributed by atoms with Crippen molar-refractivity contribution in [3.63, 3.8) is 0 Å². The highest BCUT2D eigenvalue weighted by Crippen LogP contribution is 2.38. The highest BCUT2D eigenvalue weighted by molar-refractivity contribution is 7.76. The molecule has 2 aromatic carbocycles. The normalized spacial score (nSPS) is 14.7. The second kappa shape index (κ2) is 11.0. The van der Waals surface area contributed by atoms with Crippen molar-refractivity contribution in [2.24, 2.45) is 0 Å². The lowest BCUT2D eigenvalue weighted by atomic mass is 9.75. The zero-order valence-corrected chi connectivity index (χ0v) is 30.6. The molecule has 0 aliphatic rings. The lowest BCUT2D eigenvalue weighted by Crippen LogP contribution is -2.30. The summed E-state index contributed by atoms with van der Waals surface area (Å²) in [4.78, 5) is 0. The molecule has 0 N–H and O–H groups in total. The summed E-state index contributed by atoms with van der Waals surface area (Å²) in [6, 6.07) is 10.0. The Bertz CT molecular complexity index is 1130. The van der Waals surface area contributed by atoms with Crippen molar-refractivity contribution in [3.05, 3.63) is 57.6 Å². The van der Waals surface area contributed by atoms with Crippen LogP contribution in [0.15, 0.2) is 24.3 Å². The molecule has 0 nitrogen and oxygen atoms in total. The van der Waals surface area contributed by atoms with E-state index in [1.807, 2.05) is 0 Å². The maximum atomic E-state index is 2.52. The lowest BCUT2D eigenvalue weighted by molar-refractivity contribution is 0.553. The summed E-state index contributed by atoms with van der Waals surface area (Å²) < 4.78 is 0. The molecule has 1 radical (unpaired) electrons. The van der Waals surface area contributed by atoms with Crippen LogP contribution in [0.25, 0.3) is 0 Å². The summed E-state index contributed by atoms with van der Waals surface area (Å²) in [7, 11) is 2.62. The van der Waals surface area contributed by atoms with Gasteiger partial charge in [-0.15, -0.1) is 0 Å². The van der Waals surface area contributed by atoms with Gasteiger partial charge in [-0.2, -0.15) is 0 Å². The van der Waals surface area contributed by atoms with E-state index >= 15 is 0 Å². The molecule has 0 aliphatic carbocycles. The van der Waals surface area contributed by atoms with Crippen LogP contribution in [0, 0.1) is 0 Å². The highest BCUT2D eigenvalue weighted by Gasteiger charge is 2.30. The molecule has 0 bridgehead atoms. The quantitative estimate of drug-likeness (QED) is 0.325. The van der Waals surface area contributed by atoms with E-state index in [1.54, 1.807) is 0 Å². The molecule has 2 heteroatoms. The van der Waals surface area contributed by atoms with Gasteiger partial charge in [-0.1, -0.05) is 157 Å². The average molecular weight is 566 g/mol. The van der Waals surface area contributed by atoms with E-state index < -0.39 is 0 Å². The summed E-state index contributed by atoms with van der Waals surface area (Å²) in [5.74, 6) is 0. The average Bonchev–Trinajstić information content (AvgIpc) is 2.68. The Kier molecular flexibility index (Phi) is 9.69. The molecule has 0 fully saturated rings. The van der Waals surface area contributed by atoms with Crippen molar-refractivity contribution < 1.29 is 0 Å². The SMILES string of the molecule is CC(C)(C)c1cc(C(C)(C)C)c([P]C=Pc2c(C(C)(C)C)cc(C(C)(C)C)cc2C(C)(C)C)c(C(C)(C)C)c1. The third kappa shape index (κ3) is 8.52. The summed E-state index contributed by atoms with van der Waals surface area (Å²) in [6.45, 7) is 42.5. The van der Waals surface area contributed by atoms with Gasteiger partial charge >= 0.3 is 0 Å². The summed E-state index contributed by atoms with van der Waals surface area (Å²) in [6.07, 6.45) is 0. The van der Waals surface area contributed by atoms with Gasteiger partial charge in [0, 0.05) is 5.30 Å². The van der Waals surface area contributed by atoms with Crippen LogP contribution in [0.2, 0.25) is 0 Å². The molecule has 0 aromatic heterocycles. The first-order valence-electron chi connectivity index (χ1n) is 14.8. The van der Waals surface area contributed by atoms with Gasteiger partial charge in [0.2, 0.25) is 0 Å². The second-order valence-corrected chi connectivity index (χ2v) is 20.0. The van der Waals surface area contributed by atoms with E-state index in [0.717, 1.165) is 0 Å². The molecule has 0 amide bonds. The molecular weight excluding hydrogens is 506 g/mol. The van der Waals surface area contributed by atoms with E-state index in [0.29, 0.717) is 0 Å². The minimum absolute atomic E-state index is 0.0792. The van der Waals surface area contributed by atoms with Crippen LogP contribution in [-0.2, 0) is 32.5 Å². The van der Waals surface area contributed by atoms with E-state index in [2.05, 4.69) is 154 Å². The van der Waals surface area contributed by atoms with E-state index in [1.165, 1.54) is 60.8 Å². The molecule has 2 rings (SSSR count). The Labute approximate surface area is 247 Å². The van der Waals surface area contributed by atoms with Crippen molar-refractivity contribution in [1.29, 1.82) is 0 Å². The molecule has 0 aliphatic heterocycles. The Hall–Kier alpha value is -0.960. The molecule has 0 unspecified atom stereocenters. The van der Waals surface area contributed by atoms with Gasteiger partial charge in [-0.05, 0) is 85.3 Å². The first-order chi connectivity index (χ1) is 17.1. The van der Waals surface area contributed by atoms with Gasteiger partial charge in [0.25, 0.3) is 0 Å². The van der Waals surface area contributed by atoms with Crippen molar-refractivity contribution in [3.8, 4) is 0 Å². The Balaban J connectivity index is 2.86. The van der Waals surface area contributed by atoms with E-state index in [4.69, 9.17) is 0 Å². The summed E-state index contributed by atoms with van der Waals surface area (Å²) in [5, 5.41) is 2.99. The lowest BCUT2D eigenvalue weighted by Gasteiger charge is -2.33. The van der Waals surface area contributed by atoms with Crippen LogP contribution in [0.3, 0.4) is 0 Å².